The van der Waals surface area contributed by atoms with E-state index in [2.05, 4.69) is 16.7 Å². The molecule has 0 unspecified atom stereocenters. The third kappa shape index (κ3) is 3.67. The average molecular weight is 196 g/mol. The van der Waals surface area contributed by atoms with E-state index < -0.39 is 6.09 Å². The molecule has 0 atom stereocenters. The summed E-state index contributed by atoms with van der Waals surface area (Å²) in [5, 5.41) is 8.54. The third-order valence-corrected chi connectivity index (χ3v) is 2.27. The first-order valence-corrected chi connectivity index (χ1v) is 4.82. The summed E-state index contributed by atoms with van der Waals surface area (Å²) in [5.74, 6) is 5.83. The molecule has 1 fully saturated rings. The van der Waals surface area contributed by atoms with Gasteiger partial charge in [0.1, 0.15) is 0 Å². The van der Waals surface area contributed by atoms with Crippen LogP contribution in [-0.2, 0) is 0 Å². The lowest BCUT2D eigenvalue weighted by Crippen LogP contribution is -2.25. The number of hydrogen-bond acceptors (Lipinski definition) is 2. The zero-order chi connectivity index (χ0) is 10.4. The van der Waals surface area contributed by atoms with Crippen LogP contribution in [0, 0.1) is 11.8 Å². The van der Waals surface area contributed by atoms with E-state index in [0.717, 1.165) is 19.6 Å². The lowest BCUT2D eigenvalue weighted by atomic mass is 10.4. The molecule has 1 saturated heterocycles. The van der Waals surface area contributed by atoms with Crippen molar-refractivity contribution in [1.82, 2.24) is 9.80 Å². The summed E-state index contributed by atoms with van der Waals surface area (Å²) < 4.78 is 0. The topological polar surface area (TPSA) is 43.8 Å². The Morgan fingerprint density at radius 1 is 1.43 bits per heavy atom. The second-order valence-corrected chi connectivity index (χ2v) is 3.48. The number of carboxylic acid groups (broad SMARTS) is 1. The van der Waals surface area contributed by atoms with Crippen LogP contribution in [0.1, 0.15) is 12.8 Å². The average Bonchev–Trinajstić information content (AvgIpc) is 2.64. The van der Waals surface area contributed by atoms with Crippen molar-refractivity contribution in [3.05, 3.63) is 0 Å². The summed E-state index contributed by atoms with van der Waals surface area (Å²) >= 11 is 0. The summed E-state index contributed by atoms with van der Waals surface area (Å²) in [6, 6.07) is 0. The van der Waals surface area contributed by atoms with Gasteiger partial charge in [-0.3, -0.25) is 4.90 Å². The number of hydrogen-bond donors (Lipinski definition) is 1. The summed E-state index contributed by atoms with van der Waals surface area (Å²) in [6.45, 7) is 3.32. The number of carbonyl (C=O) groups is 1. The molecule has 1 aliphatic rings. The summed E-state index contributed by atoms with van der Waals surface area (Å²) in [7, 11) is 1.52. The van der Waals surface area contributed by atoms with Gasteiger partial charge in [0, 0.05) is 7.05 Å². The lowest BCUT2D eigenvalue weighted by molar-refractivity contribution is 0.161. The van der Waals surface area contributed by atoms with Crippen molar-refractivity contribution >= 4 is 6.09 Å². The van der Waals surface area contributed by atoms with Crippen LogP contribution in [0.3, 0.4) is 0 Å². The van der Waals surface area contributed by atoms with Gasteiger partial charge in [0.2, 0.25) is 0 Å². The molecule has 1 heterocycles. The molecule has 0 aromatic heterocycles. The molecule has 0 spiro atoms. The normalized spacial score (nSPS) is 16.1. The van der Waals surface area contributed by atoms with Crippen LogP contribution >= 0.6 is 0 Å². The summed E-state index contributed by atoms with van der Waals surface area (Å²) in [4.78, 5) is 13.9. The molecule has 1 rings (SSSR count). The highest BCUT2D eigenvalue weighted by molar-refractivity contribution is 5.64. The molecule has 4 heteroatoms. The van der Waals surface area contributed by atoms with Crippen LogP contribution in [-0.4, -0.2) is 54.2 Å². The Morgan fingerprint density at radius 3 is 2.64 bits per heavy atom. The van der Waals surface area contributed by atoms with Gasteiger partial charge in [0.25, 0.3) is 0 Å². The van der Waals surface area contributed by atoms with Gasteiger partial charge in [0.15, 0.2) is 0 Å². The number of nitrogens with zero attached hydrogens (tertiary/aromatic N) is 2. The van der Waals surface area contributed by atoms with Crippen LogP contribution in [0.5, 0.6) is 0 Å². The van der Waals surface area contributed by atoms with Gasteiger partial charge in [-0.15, -0.1) is 0 Å². The fraction of sp³-hybridized carbons (Fsp3) is 0.700. The number of amides is 1. The Labute approximate surface area is 84.5 Å². The molecular formula is C10H16N2O2. The minimum Gasteiger partial charge on any atom is -0.465 e. The van der Waals surface area contributed by atoms with Gasteiger partial charge >= 0.3 is 6.09 Å². The van der Waals surface area contributed by atoms with Gasteiger partial charge in [-0.1, -0.05) is 11.8 Å². The van der Waals surface area contributed by atoms with E-state index in [1.807, 2.05) is 0 Å². The smallest absolute Gasteiger partial charge is 0.407 e. The zero-order valence-electron chi connectivity index (χ0n) is 8.49. The van der Waals surface area contributed by atoms with E-state index in [-0.39, 0.29) is 0 Å². The Balaban J connectivity index is 2.16. The van der Waals surface area contributed by atoms with Crippen molar-refractivity contribution in [2.24, 2.45) is 0 Å². The van der Waals surface area contributed by atoms with Gasteiger partial charge < -0.3 is 10.0 Å². The maximum atomic E-state index is 10.4. The Morgan fingerprint density at radius 2 is 2.07 bits per heavy atom. The molecule has 0 bridgehead atoms. The molecule has 0 aliphatic carbocycles. The van der Waals surface area contributed by atoms with Crippen LogP contribution in [0.25, 0.3) is 0 Å². The summed E-state index contributed by atoms with van der Waals surface area (Å²) in [5.41, 5.74) is 0. The first kappa shape index (κ1) is 10.9. The monoisotopic (exact) mass is 196 g/mol. The molecule has 0 radical (unpaired) electrons. The van der Waals surface area contributed by atoms with Crippen molar-refractivity contribution in [1.29, 1.82) is 0 Å². The maximum absolute atomic E-state index is 10.4. The Kier molecular flexibility index (Phi) is 4.27. The van der Waals surface area contributed by atoms with Crippen LogP contribution in [0.4, 0.5) is 4.79 Å². The van der Waals surface area contributed by atoms with E-state index in [4.69, 9.17) is 5.11 Å². The SMILES string of the molecule is CN(CC#CCN1CCCC1)C(=O)O. The molecule has 0 aromatic carbocycles. The Bertz CT molecular complexity index is 249. The van der Waals surface area contributed by atoms with E-state index in [9.17, 15) is 4.79 Å². The third-order valence-electron chi connectivity index (χ3n) is 2.27. The molecule has 0 saturated carbocycles. The van der Waals surface area contributed by atoms with E-state index in [1.54, 1.807) is 0 Å². The maximum Gasteiger partial charge on any atom is 0.407 e. The van der Waals surface area contributed by atoms with Gasteiger partial charge in [0.05, 0.1) is 13.1 Å². The fourth-order valence-corrected chi connectivity index (χ4v) is 1.35. The van der Waals surface area contributed by atoms with Crippen molar-refractivity contribution in [3.63, 3.8) is 0 Å². The predicted molar refractivity (Wildman–Crippen MR) is 54.1 cm³/mol. The second-order valence-electron chi connectivity index (χ2n) is 3.48. The van der Waals surface area contributed by atoms with E-state index in [1.165, 1.54) is 24.8 Å². The zero-order valence-corrected chi connectivity index (χ0v) is 8.49. The highest BCUT2D eigenvalue weighted by Gasteiger charge is 2.08. The van der Waals surface area contributed by atoms with Crippen molar-refractivity contribution < 1.29 is 9.90 Å². The number of rotatable bonds is 2. The Hall–Kier alpha value is -1.21. The van der Waals surface area contributed by atoms with Gasteiger partial charge in [-0.25, -0.2) is 4.79 Å². The molecule has 14 heavy (non-hydrogen) atoms. The second kappa shape index (κ2) is 5.51. The first-order chi connectivity index (χ1) is 6.70. The van der Waals surface area contributed by atoms with Crippen molar-refractivity contribution in [2.45, 2.75) is 12.8 Å². The predicted octanol–water partition coefficient (Wildman–Crippen LogP) is 0.695. The van der Waals surface area contributed by atoms with Crippen LogP contribution in [0.15, 0.2) is 0 Å². The largest absolute Gasteiger partial charge is 0.465 e. The van der Waals surface area contributed by atoms with Gasteiger partial charge in [-0.2, -0.15) is 0 Å². The fourth-order valence-electron chi connectivity index (χ4n) is 1.35. The quantitative estimate of drug-likeness (QED) is 0.661. The highest BCUT2D eigenvalue weighted by Crippen LogP contribution is 2.05. The number of likely N-dealkylation sites (tertiary alicyclic amines) is 1. The molecule has 1 aliphatic heterocycles. The van der Waals surface area contributed by atoms with Crippen LogP contribution < -0.4 is 0 Å². The van der Waals surface area contributed by atoms with E-state index in [0.29, 0.717) is 6.54 Å². The minimum atomic E-state index is -0.930. The molecule has 1 N–H and O–H groups in total. The van der Waals surface area contributed by atoms with Crippen molar-refractivity contribution in [3.8, 4) is 11.8 Å². The summed E-state index contributed by atoms with van der Waals surface area (Å²) in [6.07, 6.45) is 1.59. The molecule has 0 aromatic rings. The molecule has 78 valence electrons. The minimum absolute atomic E-state index is 0.295. The molecular weight excluding hydrogens is 180 g/mol. The lowest BCUT2D eigenvalue weighted by Gasteiger charge is -2.09. The van der Waals surface area contributed by atoms with E-state index >= 15 is 0 Å². The first-order valence-electron chi connectivity index (χ1n) is 4.82. The standard InChI is InChI=1S/C10H16N2O2/c1-11(10(13)14)6-2-3-7-12-8-4-5-9-12/h4-9H2,1H3,(H,13,14). The molecule has 1 amide bonds. The van der Waals surface area contributed by atoms with Crippen molar-refractivity contribution in [2.75, 3.05) is 33.2 Å². The molecule has 4 nitrogen and oxygen atoms in total. The highest BCUT2D eigenvalue weighted by atomic mass is 16.4. The van der Waals surface area contributed by atoms with Gasteiger partial charge in [-0.05, 0) is 25.9 Å². The van der Waals surface area contributed by atoms with Crippen LogP contribution in [0.2, 0.25) is 0 Å².